The van der Waals surface area contributed by atoms with Gasteiger partial charge in [-0.25, -0.2) is 0 Å². The Labute approximate surface area is 93.4 Å². The van der Waals surface area contributed by atoms with E-state index in [9.17, 15) is 0 Å². The van der Waals surface area contributed by atoms with Gasteiger partial charge in [-0.05, 0) is 23.3 Å². The van der Waals surface area contributed by atoms with E-state index in [0.717, 1.165) is 11.1 Å². The van der Waals surface area contributed by atoms with E-state index >= 15 is 0 Å². The van der Waals surface area contributed by atoms with Crippen molar-refractivity contribution in [2.45, 2.75) is 6.42 Å². The van der Waals surface area contributed by atoms with Crippen LogP contribution >= 0.6 is 12.2 Å². The fourth-order valence-corrected chi connectivity index (χ4v) is 1.04. The van der Waals surface area contributed by atoms with Crippen LogP contribution in [0.2, 0.25) is 0 Å². The molecule has 0 heterocycles. The summed E-state index contributed by atoms with van der Waals surface area (Å²) in [6.45, 7) is 0. The van der Waals surface area contributed by atoms with Crippen LogP contribution in [0.25, 0.3) is 0 Å². The number of nitrogens with two attached hydrogens (primary N) is 1. The molecule has 15 heavy (non-hydrogen) atoms. The van der Waals surface area contributed by atoms with Crippen LogP contribution in [-0.4, -0.2) is 11.3 Å². The first-order valence-corrected chi connectivity index (χ1v) is 4.67. The van der Waals surface area contributed by atoms with Gasteiger partial charge in [-0.3, -0.25) is 5.43 Å². The van der Waals surface area contributed by atoms with Crippen molar-refractivity contribution in [2.24, 2.45) is 10.8 Å². The zero-order chi connectivity index (χ0) is 11.1. The Morgan fingerprint density at radius 2 is 2.20 bits per heavy atom. The maximum absolute atomic E-state index is 8.48. The Kier molecular flexibility index (Phi) is 4.26. The highest BCUT2D eigenvalue weighted by Gasteiger charge is 1.91. The van der Waals surface area contributed by atoms with E-state index in [-0.39, 0.29) is 5.11 Å². The largest absolute Gasteiger partial charge is 0.375 e. The zero-order valence-corrected chi connectivity index (χ0v) is 8.79. The van der Waals surface area contributed by atoms with Crippen molar-refractivity contribution in [3.05, 3.63) is 35.4 Å². The van der Waals surface area contributed by atoms with Crippen LogP contribution in [0.1, 0.15) is 11.1 Å². The minimum Gasteiger partial charge on any atom is -0.375 e. The third-order valence-corrected chi connectivity index (χ3v) is 1.74. The summed E-state index contributed by atoms with van der Waals surface area (Å²) in [5.74, 6) is 0. The van der Waals surface area contributed by atoms with Gasteiger partial charge in [0.05, 0.1) is 18.7 Å². The summed E-state index contributed by atoms with van der Waals surface area (Å²) in [6.07, 6.45) is 2.03. The predicted octanol–water partition coefficient (Wildman–Crippen LogP) is 0.920. The molecule has 1 rings (SSSR count). The fraction of sp³-hybridized carbons (Fsp3) is 0.100. The van der Waals surface area contributed by atoms with Gasteiger partial charge in [-0.2, -0.15) is 10.4 Å². The van der Waals surface area contributed by atoms with E-state index < -0.39 is 0 Å². The van der Waals surface area contributed by atoms with E-state index in [0.29, 0.717) is 6.42 Å². The normalized spacial score (nSPS) is 9.80. The predicted molar refractivity (Wildman–Crippen MR) is 63.3 cm³/mol. The van der Waals surface area contributed by atoms with Crippen molar-refractivity contribution >= 4 is 23.5 Å². The molecule has 0 aliphatic heterocycles. The van der Waals surface area contributed by atoms with Crippen molar-refractivity contribution in [1.82, 2.24) is 5.43 Å². The van der Waals surface area contributed by atoms with Crippen LogP contribution in [0.15, 0.2) is 29.4 Å². The smallest absolute Gasteiger partial charge is 0.184 e. The molecular weight excluding hydrogens is 208 g/mol. The van der Waals surface area contributed by atoms with Gasteiger partial charge in [0.2, 0.25) is 0 Å². The Bertz CT molecular complexity index is 402. The number of nitrogens with zero attached hydrogens (tertiary/aromatic N) is 2. The average molecular weight is 218 g/mol. The minimum atomic E-state index is 0.132. The lowest BCUT2D eigenvalue weighted by molar-refractivity contribution is 1.04. The average Bonchev–Trinajstić information content (AvgIpc) is 2.20. The molecule has 0 radical (unpaired) electrons. The third-order valence-electron chi connectivity index (χ3n) is 1.65. The Hall–Kier alpha value is -1.93. The molecule has 0 saturated heterocycles. The van der Waals surface area contributed by atoms with Crippen LogP contribution in [0.3, 0.4) is 0 Å². The van der Waals surface area contributed by atoms with Gasteiger partial charge in [0.25, 0.3) is 0 Å². The number of hydrogen-bond acceptors (Lipinski definition) is 3. The van der Waals surface area contributed by atoms with Crippen molar-refractivity contribution in [1.29, 1.82) is 5.26 Å². The van der Waals surface area contributed by atoms with Gasteiger partial charge < -0.3 is 5.73 Å². The van der Waals surface area contributed by atoms with Crippen LogP contribution in [0.5, 0.6) is 0 Å². The highest BCUT2D eigenvalue weighted by Crippen LogP contribution is 2.02. The van der Waals surface area contributed by atoms with Crippen LogP contribution in [-0.2, 0) is 6.42 Å². The maximum atomic E-state index is 8.48. The number of benzene rings is 1. The lowest BCUT2D eigenvalue weighted by Gasteiger charge is -1.96. The SMILES string of the molecule is N#CCc1ccc(C=NNC(N)=S)cc1. The molecule has 0 saturated carbocycles. The number of hydrazone groups is 1. The standard InChI is InChI=1S/C10H10N4S/c11-6-5-8-1-3-9(4-2-8)7-13-14-10(12)15/h1-4,7H,5H2,(H3,12,14,15). The summed E-state index contributed by atoms with van der Waals surface area (Å²) in [5.41, 5.74) is 9.55. The quantitative estimate of drug-likeness (QED) is 0.449. The molecule has 3 N–H and O–H groups in total. The number of nitrogens with one attached hydrogen (secondary N) is 1. The molecule has 0 atom stereocenters. The first-order chi connectivity index (χ1) is 7.22. The van der Waals surface area contributed by atoms with Gasteiger partial charge in [-0.1, -0.05) is 24.3 Å². The number of nitriles is 1. The highest BCUT2D eigenvalue weighted by molar-refractivity contribution is 7.80. The van der Waals surface area contributed by atoms with Crippen molar-refractivity contribution in [2.75, 3.05) is 0 Å². The molecule has 0 aliphatic rings. The summed E-state index contributed by atoms with van der Waals surface area (Å²) >= 11 is 4.58. The fourth-order valence-electron chi connectivity index (χ4n) is 0.983. The lowest BCUT2D eigenvalue weighted by atomic mass is 10.1. The van der Waals surface area contributed by atoms with Gasteiger partial charge >= 0.3 is 0 Å². The first kappa shape index (κ1) is 11.1. The van der Waals surface area contributed by atoms with Crippen molar-refractivity contribution in [3.63, 3.8) is 0 Å². The van der Waals surface area contributed by atoms with Gasteiger partial charge in [0, 0.05) is 0 Å². The maximum Gasteiger partial charge on any atom is 0.184 e. The molecule has 0 aromatic heterocycles. The summed E-state index contributed by atoms with van der Waals surface area (Å²) in [7, 11) is 0. The van der Waals surface area contributed by atoms with E-state index in [1.54, 1.807) is 6.21 Å². The Morgan fingerprint density at radius 3 is 2.73 bits per heavy atom. The third kappa shape index (κ3) is 4.20. The summed E-state index contributed by atoms with van der Waals surface area (Å²) in [4.78, 5) is 0. The second-order valence-corrected chi connectivity index (χ2v) is 3.25. The van der Waals surface area contributed by atoms with E-state index in [2.05, 4.69) is 28.8 Å². The zero-order valence-electron chi connectivity index (χ0n) is 7.97. The van der Waals surface area contributed by atoms with Crippen molar-refractivity contribution < 1.29 is 0 Å². The molecule has 76 valence electrons. The van der Waals surface area contributed by atoms with Crippen LogP contribution in [0, 0.1) is 11.3 Å². The van der Waals surface area contributed by atoms with E-state index in [1.807, 2.05) is 24.3 Å². The van der Waals surface area contributed by atoms with E-state index in [1.165, 1.54) is 0 Å². The molecule has 0 unspecified atom stereocenters. The number of hydrogen-bond donors (Lipinski definition) is 2. The Balaban J connectivity index is 2.61. The van der Waals surface area contributed by atoms with Gasteiger partial charge in [0.1, 0.15) is 0 Å². The van der Waals surface area contributed by atoms with Crippen molar-refractivity contribution in [3.8, 4) is 6.07 Å². The molecule has 5 heteroatoms. The van der Waals surface area contributed by atoms with E-state index in [4.69, 9.17) is 11.0 Å². The highest BCUT2D eigenvalue weighted by atomic mass is 32.1. The monoisotopic (exact) mass is 218 g/mol. The van der Waals surface area contributed by atoms with Crippen LogP contribution in [0.4, 0.5) is 0 Å². The molecular formula is C10H10N4S. The molecule has 4 nitrogen and oxygen atoms in total. The van der Waals surface area contributed by atoms with Gasteiger partial charge in [0.15, 0.2) is 5.11 Å². The molecule has 1 aromatic rings. The molecule has 1 aromatic carbocycles. The molecule has 0 bridgehead atoms. The lowest BCUT2D eigenvalue weighted by Crippen LogP contribution is -2.23. The molecule has 0 amide bonds. The summed E-state index contributed by atoms with van der Waals surface area (Å²) < 4.78 is 0. The topological polar surface area (TPSA) is 74.2 Å². The van der Waals surface area contributed by atoms with Gasteiger partial charge in [-0.15, -0.1) is 0 Å². The second kappa shape index (κ2) is 5.73. The molecule has 0 aliphatic carbocycles. The second-order valence-electron chi connectivity index (χ2n) is 2.81. The molecule has 0 fully saturated rings. The first-order valence-electron chi connectivity index (χ1n) is 4.27. The molecule has 0 spiro atoms. The van der Waals surface area contributed by atoms with Crippen LogP contribution < -0.4 is 11.2 Å². The summed E-state index contributed by atoms with van der Waals surface area (Å²) in [6, 6.07) is 9.59. The minimum absolute atomic E-state index is 0.132. The summed E-state index contributed by atoms with van der Waals surface area (Å²) in [5, 5.41) is 12.4. The number of rotatable bonds is 3. The Morgan fingerprint density at radius 1 is 1.53 bits per heavy atom. The number of thiocarbonyl (C=S) groups is 1.